The molecule has 0 bridgehead atoms. The van der Waals surface area contributed by atoms with Gasteiger partial charge in [0.25, 0.3) is 0 Å². The first-order chi connectivity index (χ1) is 9.47. The molecule has 0 fully saturated rings. The van der Waals surface area contributed by atoms with Crippen LogP contribution in [0.2, 0.25) is 0 Å². The van der Waals surface area contributed by atoms with Crippen molar-refractivity contribution in [2.24, 2.45) is 5.73 Å². The van der Waals surface area contributed by atoms with E-state index in [1.165, 1.54) is 6.07 Å². The Kier molecular flexibility index (Phi) is 4.78. The quantitative estimate of drug-likeness (QED) is 0.891. The molecule has 2 N–H and O–H groups in total. The number of hydrogen-bond acceptors (Lipinski definition) is 2. The van der Waals surface area contributed by atoms with Gasteiger partial charge < -0.3 is 10.5 Å². The molecule has 2 nitrogen and oxygen atoms in total. The zero-order valence-corrected chi connectivity index (χ0v) is 13.1. The normalized spacial score (nSPS) is 12.2. The van der Waals surface area contributed by atoms with Crippen molar-refractivity contribution in [3.63, 3.8) is 0 Å². The summed E-state index contributed by atoms with van der Waals surface area (Å²) in [5.41, 5.74) is 8.16. The van der Waals surface area contributed by atoms with Crippen molar-refractivity contribution in [1.29, 1.82) is 0 Å². The van der Waals surface area contributed by atoms with Gasteiger partial charge in [-0.1, -0.05) is 28.1 Å². The third-order valence-electron chi connectivity index (χ3n) is 3.09. The fraction of sp³-hybridized carbons (Fsp3) is 0.250. The lowest BCUT2D eigenvalue weighted by Gasteiger charge is -2.15. The maximum Gasteiger partial charge on any atom is 0.126 e. The van der Waals surface area contributed by atoms with Gasteiger partial charge in [0.1, 0.15) is 18.2 Å². The summed E-state index contributed by atoms with van der Waals surface area (Å²) in [6.07, 6.45) is 0. The summed E-state index contributed by atoms with van der Waals surface area (Å²) in [7, 11) is 0. The topological polar surface area (TPSA) is 35.2 Å². The second-order valence-electron chi connectivity index (χ2n) is 4.84. The average molecular weight is 338 g/mol. The van der Waals surface area contributed by atoms with Crippen LogP contribution in [0.1, 0.15) is 29.7 Å². The Balaban J connectivity index is 2.20. The molecule has 0 aliphatic rings. The first-order valence-corrected chi connectivity index (χ1v) is 7.19. The van der Waals surface area contributed by atoms with E-state index in [2.05, 4.69) is 15.9 Å². The minimum Gasteiger partial charge on any atom is -0.489 e. The van der Waals surface area contributed by atoms with Gasteiger partial charge in [0.05, 0.1) is 0 Å². The first-order valence-electron chi connectivity index (χ1n) is 6.40. The first kappa shape index (κ1) is 15.0. The molecule has 0 spiro atoms. The molecule has 0 aliphatic carbocycles. The molecule has 0 aromatic heterocycles. The molecule has 4 heteroatoms. The molecular formula is C16H17BrFNO. The van der Waals surface area contributed by atoms with Crippen LogP contribution < -0.4 is 10.5 Å². The lowest BCUT2D eigenvalue weighted by molar-refractivity contribution is 0.300. The Morgan fingerprint density at radius 2 is 1.90 bits per heavy atom. The maximum atomic E-state index is 13.6. The summed E-state index contributed by atoms with van der Waals surface area (Å²) in [6, 6.07) is 10.8. The van der Waals surface area contributed by atoms with Crippen LogP contribution in [-0.2, 0) is 6.61 Å². The summed E-state index contributed by atoms with van der Waals surface area (Å²) >= 11 is 3.39. The molecule has 0 saturated carbocycles. The molecule has 106 valence electrons. The van der Waals surface area contributed by atoms with Crippen molar-refractivity contribution in [1.82, 2.24) is 0 Å². The largest absolute Gasteiger partial charge is 0.489 e. The lowest BCUT2D eigenvalue weighted by Crippen LogP contribution is -2.09. The highest BCUT2D eigenvalue weighted by molar-refractivity contribution is 9.10. The average Bonchev–Trinajstić information content (AvgIpc) is 2.41. The maximum absolute atomic E-state index is 13.6. The zero-order valence-electron chi connectivity index (χ0n) is 11.5. The van der Waals surface area contributed by atoms with E-state index in [1.807, 2.05) is 31.2 Å². The number of rotatable bonds is 4. The fourth-order valence-corrected chi connectivity index (χ4v) is 2.16. The zero-order chi connectivity index (χ0) is 14.7. The van der Waals surface area contributed by atoms with Crippen LogP contribution in [0.25, 0.3) is 0 Å². The van der Waals surface area contributed by atoms with E-state index in [-0.39, 0.29) is 11.9 Å². The Morgan fingerprint density at radius 1 is 1.25 bits per heavy atom. The van der Waals surface area contributed by atoms with Gasteiger partial charge in [0, 0.05) is 16.1 Å². The Bertz CT molecular complexity index is 596. The second-order valence-corrected chi connectivity index (χ2v) is 5.76. The summed E-state index contributed by atoms with van der Waals surface area (Å²) in [4.78, 5) is 0. The Morgan fingerprint density at radius 3 is 2.50 bits per heavy atom. The third kappa shape index (κ3) is 3.58. The molecule has 1 atom stereocenters. The van der Waals surface area contributed by atoms with Crippen molar-refractivity contribution in [2.45, 2.75) is 26.5 Å². The Hall–Kier alpha value is -1.39. The summed E-state index contributed by atoms with van der Waals surface area (Å²) in [5.74, 6) is 0.384. The summed E-state index contributed by atoms with van der Waals surface area (Å²) < 4.78 is 20.4. The van der Waals surface area contributed by atoms with Crippen molar-refractivity contribution in [3.05, 3.63) is 63.4 Å². The van der Waals surface area contributed by atoms with Crippen molar-refractivity contribution < 1.29 is 9.13 Å². The van der Waals surface area contributed by atoms with Gasteiger partial charge >= 0.3 is 0 Å². The molecule has 2 aromatic rings. The van der Waals surface area contributed by atoms with Crippen molar-refractivity contribution in [3.8, 4) is 5.75 Å². The Labute approximate surface area is 126 Å². The van der Waals surface area contributed by atoms with Crippen LogP contribution in [-0.4, -0.2) is 0 Å². The van der Waals surface area contributed by atoms with E-state index in [9.17, 15) is 4.39 Å². The minimum atomic E-state index is -0.273. The molecule has 0 heterocycles. The van der Waals surface area contributed by atoms with Gasteiger partial charge in [0.15, 0.2) is 0 Å². The van der Waals surface area contributed by atoms with Crippen molar-refractivity contribution >= 4 is 15.9 Å². The highest BCUT2D eigenvalue weighted by Crippen LogP contribution is 2.28. The number of nitrogens with two attached hydrogens (primary N) is 1. The highest BCUT2D eigenvalue weighted by atomic mass is 79.9. The SMILES string of the molecule is Cc1cc(OCc2ccc(Br)cc2)c([C@H](C)N)cc1F. The molecule has 20 heavy (non-hydrogen) atoms. The van der Waals surface area contributed by atoms with E-state index in [1.54, 1.807) is 13.0 Å². The van der Waals surface area contributed by atoms with E-state index in [0.717, 1.165) is 10.0 Å². The lowest BCUT2D eigenvalue weighted by atomic mass is 10.1. The molecule has 0 aliphatic heterocycles. The molecular weight excluding hydrogens is 321 g/mol. The van der Waals surface area contributed by atoms with Gasteiger partial charge in [-0.2, -0.15) is 0 Å². The minimum absolute atomic E-state index is 0.256. The van der Waals surface area contributed by atoms with Crippen LogP contribution in [0.4, 0.5) is 4.39 Å². The monoisotopic (exact) mass is 337 g/mol. The van der Waals surface area contributed by atoms with Crippen LogP contribution in [0.15, 0.2) is 40.9 Å². The number of ether oxygens (including phenoxy) is 1. The highest BCUT2D eigenvalue weighted by Gasteiger charge is 2.12. The van der Waals surface area contributed by atoms with Crippen LogP contribution >= 0.6 is 15.9 Å². The standard InChI is InChI=1S/C16H17BrFNO/c1-10-7-16(14(11(2)19)8-15(10)18)20-9-12-3-5-13(17)6-4-12/h3-8,11H,9,19H2,1-2H3/t11-/m0/s1. The summed E-state index contributed by atoms with van der Waals surface area (Å²) in [5, 5.41) is 0. The third-order valence-corrected chi connectivity index (χ3v) is 3.62. The van der Waals surface area contributed by atoms with E-state index in [4.69, 9.17) is 10.5 Å². The number of benzene rings is 2. The van der Waals surface area contributed by atoms with Gasteiger partial charge in [-0.15, -0.1) is 0 Å². The van der Waals surface area contributed by atoms with Gasteiger partial charge in [-0.3, -0.25) is 0 Å². The fourth-order valence-electron chi connectivity index (χ4n) is 1.89. The molecule has 0 unspecified atom stereocenters. The van der Waals surface area contributed by atoms with Gasteiger partial charge in [-0.05, 0) is 49.2 Å². The smallest absolute Gasteiger partial charge is 0.126 e. The molecule has 2 rings (SSSR count). The number of halogens is 2. The van der Waals surface area contributed by atoms with Gasteiger partial charge in [-0.25, -0.2) is 4.39 Å². The van der Waals surface area contributed by atoms with Crippen LogP contribution in [0, 0.1) is 12.7 Å². The van der Waals surface area contributed by atoms with Gasteiger partial charge in [0.2, 0.25) is 0 Å². The van der Waals surface area contributed by atoms with E-state index in [0.29, 0.717) is 23.5 Å². The predicted octanol–water partition coefficient (Wildman–Crippen LogP) is 4.50. The van der Waals surface area contributed by atoms with E-state index >= 15 is 0 Å². The van der Waals surface area contributed by atoms with E-state index < -0.39 is 0 Å². The molecule has 0 saturated heterocycles. The van der Waals surface area contributed by atoms with Crippen LogP contribution in [0.3, 0.4) is 0 Å². The number of aryl methyl sites for hydroxylation is 1. The molecule has 0 radical (unpaired) electrons. The molecule has 0 amide bonds. The van der Waals surface area contributed by atoms with Crippen molar-refractivity contribution in [2.75, 3.05) is 0 Å². The van der Waals surface area contributed by atoms with Crippen LogP contribution in [0.5, 0.6) is 5.75 Å². The predicted molar refractivity (Wildman–Crippen MR) is 82.2 cm³/mol. The second kappa shape index (κ2) is 6.37. The molecule has 2 aromatic carbocycles. The number of hydrogen-bond donors (Lipinski definition) is 1. The summed E-state index contributed by atoms with van der Waals surface area (Å²) in [6.45, 7) is 3.96.